The van der Waals surface area contributed by atoms with Crippen LogP contribution in [0.2, 0.25) is 5.02 Å². The Morgan fingerprint density at radius 2 is 1.77 bits per heavy atom. The molecule has 0 aromatic heterocycles. The Kier molecular flexibility index (Phi) is 6.09. The van der Waals surface area contributed by atoms with Crippen molar-refractivity contribution in [3.05, 3.63) is 76.3 Å². The molecule has 9 heteroatoms. The molecular weight excluding hydrogens is 430 g/mol. The van der Waals surface area contributed by atoms with Crippen molar-refractivity contribution in [2.24, 2.45) is 0 Å². The number of imide groups is 1. The summed E-state index contributed by atoms with van der Waals surface area (Å²) in [6.45, 7) is 1.56. The highest BCUT2D eigenvalue weighted by Crippen LogP contribution is 2.32. The van der Waals surface area contributed by atoms with E-state index in [0.717, 1.165) is 23.6 Å². The van der Waals surface area contributed by atoms with E-state index in [1.807, 2.05) is 0 Å². The lowest BCUT2D eigenvalue weighted by Crippen LogP contribution is -2.35. The maximum Gasteiger partial charge on any atom is 0.331 e. The van der Waals surface area contributed by atoms with E-state index >= 15 is 0 Å². The van der Waals surface area contributed by atoms with Gasteiger partial charge < -0.3 is 4.74 Å². The maximum absolute atomic E-state index is 13.2. The third-order valence-corrected chi connectivity index (χ3v) is 7.06. The summed E-state index contributed by atoms with van der Waals surface area (Å²) in [4.78, 5) is 38.5. The van der Waals surface area contributed by atoms with Gasteiger partial charge in [0, 0.05) is 11.1 Å². The Morgan fingerprint density at radius 3 is 2.37 bits per heavy atom. The Morgan fingerprint density at radius 1 is 1.13 bits per heavy atom. The number of carbonyl (C=O) groups excluding carboxylic acids is 3. The number of ether oxygens (including phenoxy) is 1. The van der Waals surface area contributed by atoms with Gasteiger partial charge in [-0.3, -0.25) is 14.5 Å². The lowest BCUT2D eigenvalue weighted by molar-refractivity contribution is -0.139. The van der Waals surface area contributed by atoms with Gasteiger partial charge in [-0.05, 0) is 30.7 Å². The number of methoxy groups -OCH3 is 1. The molecule has 1 heterocycles. The van der Waals surface area contributed by atoms with E-state index in [-0.39, 0.29) is 11.4 Å². The summed E-state index contributed by atoms with van der Waals surface area (Å²) in [7, 11) is -3.21. The van der Waals surface area contributed by atoms with Gasteiger partial charge in [-0.15, -0.1) is 0 Å². The molecular formula is C21H18ClNO6S. The van der Waals surface area contributed by atoms with Crippen LogP contribution in [0.3, 0.4) is 0 Å². The lowest BCUT2D eigenvalue weighted by atomic mass is 10.2. The molecule has 30 heavy (non-hydrogen) atoms. The van der Waals surface area contributed by atoms with Crippen molar-refractivity contribution in [3.8, 4) is 0 Å². The van der Waals surface area contributed by atoms with Crippen molar-refractivity contribution in [3.63, 3.8) is 0 Å². The van der Waals surface area contributed by atoms with E-state index in [1.54, 1.807) is 43.3 Å². The summed E-state index contributed by atoms with van der Waals surface area (Å²) in [5.41, 5.74) is 0.833. The molecule has 3 rings (SSSR count). The van der Waals surface area contributed by atoms with E-state index < -0.39 is 38.4 Å². The van der Waals surface area contributed by atoms with Crippen LogP contribution in [0.1, 0.15) is 11.1 Å². The molecule has 1 saturated heterocycles. The van der Waals surface area contributed by atoms with E-state index in [1.165, 1.54) is 12.1 Å². The van der Waals surface area contributed by atoms with Crippen molar-refractivity contribution < 1.29 is 27.5 Å². The molecule has 2 aromatic rings. The molecule has 1 fully saturated rings. The fraction of sp³-hybridized carbons (Fsp3) is 0.190. The minimum Gasteiger partial charge on any atom is -0.466 e. The number of aryl methyl sites for hydroxylation is 1. The summed E-state index contributed by atoms with van der Waals surface area (Å²) in [6, 6.07) is 12.5. The summed E-state index contributed by atoms with van der Waals surface area (Å²) in [5.74, 6) is -2.77. The van der Waals surface area contributed by atoms with Crippen molar-refractivity contribution in [1.29, 1.82) is 0 Å². The molecule has 2 amide bonds. The highest BCUT2D eigenvalue weighted by atomic mass is 35.5. The van der Waals surface area contributed by atoms with Gasteiger partial charge in [0.05, 0.1) is 24.1 Å². The van der Waals surface area contributed by atoms with Crippen LogP contribution in [-0.2, 0) is 35.5 Å². The first-order valence-corrected chi connectivity index (χ1v) is 10.8. The SMILES string of the molecule is COC(=O)/C=C1/C(=O)N(Cc2ccccc2Cl)C(=O)C1S(=O)(=O)c1ccc(C)cc1. The van der Waals surface area contributed by atoms with Crippen molar-refractivity contribution in [1.82, 2.24) is 4.90 Å². The minimum atomic E-state index is -4.30. The summed E-state index contributed by atoms with van der Waals surface area (Å²) < 4.78 is 31.0. The molecule has 7 nitrogen and oxygen atoms in total. The quantitative estimate of drug-likeness (QED) is 0.396. The molecule has 2 aromatic carbocycles. The summed E-state index contributed by atoms with van der Waals surface area (Å²) in [6.07, 6.45) is 0.753. The fourth-order valence-electron chi connectivity index (χ4n) is 3.08. The van der Waals surface area contributed by atoms with Gasteiger partial charge in [-0.2, -0.15) is 0 Å². The second-order valence-corrected chi connectivity index (χ2v) is 9.12. The number of hydrogen-bond donors (Lipinski definition) is 0. The van der Waals surface area contributed by atoms with Gasteiger partial charge in [0.2, 0.25) is 0 Å². The number of esters is 1. The van der Waals surface area contributed by atoms with Crippen molar-refractivity contribution in [2.45, 2.75) is 23.6 Å². The normalized spacial score (nSPS) is 18.2. The average molecular weight is 448 g/mol. The van der Waals surface area contributed by atoms with Gasteiger partial charge in [-0.25, -0.2) is 13.2 Å². The van der Waals surface area contributed by atoms with Crippen LogP contribution >= 0.6 is 11.6 Å². The number of sulfone groups is 1. The number of nitrogens with zero attached hydrogens (tertiary/aromatic N) is 1. The molecule has 0 saturated carbocycles. The molecule has 1 aliphatic heterocycles. The first-order chi connectivity index (χ1) is 14.2. The summed E-state index contributed by atoms with van der Waals surface area (Å²) in [5, 5.41) is -1.53. The van der Waals surface area contributed by atoms with E-state index in [4.69, 9.17) is 11.6 Å². The van der Waals surface area contributed by atoms with Gasteiger partial charge in [0.15, 0.2) is 15.1 Å². The fourth-order valence-corrected chi connectivity index (χ4v) is 4.96. The monoisotopic (exact) mass is 447 g/mol. The Bertz CT molecular complexity index is 1150. The number of likely N-dealkylation sites (tertiary alicyclic amines) is 1. The molecule has 1 aliphatic rings. The predicted octanol–water partition coefficient (Wildman–Crippen LogP) is 2.46. The minimum absolute atomic E-state index is 0.130. The highest BCUT2D eigenvalue weighted by Gasteiger charge is 2.51. The number of amides is 2. The number of carbonyl (C=O) groups is 3. The molecule has 0 bridgehead atoms. The van der Waals surface area contributed by atoms with E-state index in [0.29, 0.717) is 10.6 Å². The van der Waals surface area contributed by atoms with Crippen molar-refractivity contribution in [2.75, 3.05) is 7.11 Å². The van der Waals surface area contributed by atoms with Gasteiger partial charge >= 0.3 is 5.97 Å². The Hall–Kier alpha value is -2.97. The second kappa shape index (κ2) is 8.41. The van der Waals surface area contributed by atoms with Gasteiger partial charge in [0.1, 0.15) is 0 Å². The predicted molar refractivity (Wildman–Crippen MR) is 109 cm³/mol. The van der Waals surface area contributed by atoms with Crippen molar-refractivity contribution >= 4 is 39.2 Å². The molecule has 1 unspecified atom stereocenters. The number of benzene rings is 2. The largest absolute Gasteiger partial charge is 0.466 e. The third kappa shape index (κ3) is 4.01. The zero-order valence-corrected chi connectivity index (χ0v) is 17.7. The number of hydrogen-bond acceptors (Lipinski definition) is 6. The molecule has 0 radical (unpaired) electrons. The Balaban J connectivity index is 2.09. The van der Waals surface area contributed by atoms with Gasteiger partial charge in [-0.1, -0.05) is 47.5 Å². The number of halogens is 1. The first kappa shape index (κ1) is 21.7. The highest BCUT2D eigenvalue weighted by molar-refractivity contribution is 7.93. The molecule has 156 valence electrons. The third-order valence-electron chi connectivity index (χ3n) is 4.69. The number of rotatable bonds is 5. The standard InChI is InChI=1S/C21H18ClNO6S/c1-13-7-9-15(10-8-13)30(27,28)19-16(11-18(24)29-2)20(25)23(21(19)26)12-14-5-3-4-6-17(14)22/h3-11,19H,12H2,1-2H3/b16-11+. The summed E-state index contributed by atoms with van der Waals surface area (Å²) >= 11 is 6.12. The molecule has 0 aliphatic carbocycles. The average Bonchev–Trinajstić information content (AvgIpc) is 2.94. The molecule has 0 spiro atoms. The second-order valence-electron chi connectivity index (χ2n) is 6.68. The zero-order chi connectivity index (χ0) is 22.1. The topological polar surface area (TPSA) is 97.8 Å². The first-order valence-electron chi connectivity index (χ1n) is 8.86. The molecule has 1 atom stereocenters. The lowest BCUT2D eigenvalue weighted by Gasteiger charge is -2.15. The van der Waals surface area contributed by atoms with E-state index in [9.17, 15) is 22.8 Å². The van der Waals surface area contributed by atoms with Crippen LogP contribution in [0.4, 0.5) is 0 Å². The van der Waals surface area contributed by atoms with Gasteiger partial charge in [0.25, 0.3) is 11.8 Å². The van der Waals surface area contributed by atoms with E-state index in [2.05, 4.69) is 4.74 Å². The van der Waals surface area contributed by atoms with Crippen LogP contribution in [0.5, 0.6) is 0 Å². The zero-order valence-electron chi connectivity index (χ0n) is 16.2. The Labute approximate surface area is 178 Å². The van der Waals surface area contributed by atoms with Crippen LogP contribution in [-0.4, -0.2) is 43.5 Å². The maximum atomic E-state index is 13.2. The van der Waals surface area contributed by atoms with Crippen LogP contribution in [0.25, 0.3) is 0 Å². The van der Waals surface area contributed by atoms with Crippen LogP contribution in [0.15, 0.2) is 65.1 Å². The molecule has 0 N–H and O–H groups in total. The van der Waals surface area contributed by atoms with Crippen LogP contribution < -0.4 is 0 Å². The van der Waals surface area contributed by atoms with Crippen LogP contribution in [0, 0.1) is 6.92 Å². The smallest absolute Gasteiger partial charge is 0.331 e.